The number of amides is 1. The van der Waals surface area contributed by atoms with Crippen LogP contribution in [-0.2, 0) is 9.59 Å². The summed E-state index contributed by atoms with van der Waals surface area (Å²) in [4.78, 5) is 24.2. The minimum Gasteiger partial charge on any atom is -0.481 e. The number of carbonyl (C=O) groups excluding carboxylic acids is 1. The molecule has 7 heteroatoms. The Hall–Kier alpha value is -2.08. The van der Waals surface area contributed by atoms with Gasteiger partial charge in [-0.25, -0.2) is 0 Å². The maximum atomic E-state index is 11.9. The summed E-state index contributed by atoms with van der Waals surface area (Å²) in [5.74, 6) is -1.52. The number of hydrogen-bond acceptors (Lipinski definition) is 3. The number of carbonyl (C=O) groups is 2. The van der Waals surface area contributed by atoms with Gasteiger partial charge >= 0.3 is 5.97 Å². The van der Waals surface area contributed by atoms with Crippen LogP contribution in [0.3, 0.4) is 0 Å². The van der Waals surface area contributed by atoms with Crippen molar-refractivity contribution in [3.05, 3.63) is 23.2 Å². The van der Waals surface area contributed by atoms with Crippen molar-refractivity contribution < 1.29 is 14.7 Å². The molecule has 1 fully saturated rings. The average molecular weight is 280 g/mol. The molecule has 6 nitrogen and oxygen atoms in total. The molecule has 2 aromatic rings. The normalized spacial score (nSPS) is 19.3. The highest BCUT2D eigenvalue weighted by atomic mass is 35.5. The third-order valence-corrected chi connectivity index (χ3v) is 3.56. The fraction of sp³-hybridized carbons (Fsp3) is 0.250. The molecule has 2 heterocycles. The zero-order valence-electron chi connectivity index (χ0n) is 9.76. The molecule has 0 radical (unpaired) electrons. The summed E-state index contributed by atoms with van der Waals surface area (Å²) < 4.78 is 0. The summed E-state index contributed by atoms with van der Waals surface area (Å²) >= 11 is 6.11. The van der Waals surface area contributed by atoms with Crippen LogP contribution in [0.1, 0.15) is 6.42 Å². The van der Waals surface area contributed by atoms with Crippen LogP contribution in [0, 0.1) is 5.92 Å². The zero-order valence-corrected chi connectivity index (χ0v) is 10.5. The van der Waals surface area contributed by atoms with Gasteiger partial charge in [-0.15, -0.1) is 0 Å². The highest BCUT2D eigenvalue weighted by Gasteiger charge is 2.37. The van der Waals surface area contributed by atoms with Gasteiger partial charge in [0.05, 0.1) is 21.8 Å². The number of carboxylic acids is 1. The van der Waals surface area contributed by atoms with E-state index in [2.05, 4.69) is 10.2 Å². The van der Waals surface area contributed by atoms with E-state index in [0.717, 1.165) is 0 Å². The smallest absolute Gasteiger partial charge is 0.308 e. The van der Waals surface area contributed by atoms with E-state index in [1.54, 1.807) is 18.2 Å². The molecular weight excluding hydrogens is 270 g/mol. The summed E-state index contributed by atoms with van der Waals surface area (Å²) in [6, 6.07) is 5.28. The highest BCUT2D eigenvalue weighted by Crippen LogP contribution is 2.33. The Kier molecular flexibility index (Phi) is 2.67. The SMILES string of the molecule is O=C(O)C1CC(=O)N(c2n[nH]c3cccc(Cl)c23)C1. The fourth-order valence-corrected chi connectivity index (χ4v) is 2.55. The Bertz CT molecular complexity index is 682. The minimum atomic E-state index is -0.971. The number of aromatic amines is 1. The Morgan fingerprint density at radius 3 is 3.00 bits per heavy atom. The second-order valence-corrected chi connectivity index (χ2v) is 4.86. The molecule has 1 aliphatic rings. The first-order valence-corrected chi connectivity index (χ1v) is 6.11. The summed E-state index contributed by atoms with van der Waals surface area (Å²) in [6.07, 6.45) is -0.00581. The molecule has 1 unspecified atom stereocenters. The van der Waals surface area contributed by atoms with Gasteiger partial charge in [-0.3, -0.25) is 19.6 Å². The standard InChI is InChI=1S/C12H10ClN3O3/c13-7-2-1-3-8-10(7)11(15-14-8)16-5-6(12(18)19)4-9(16)17/h1-3,6H,4-5H2,(H,14,15)(H,18,19). The van der Waals surface area contributed by atoms with E-state index in [1.807, 2.05) is 0 Å². The van der Waals surface area contributed by atoms with E-state index in [0.29, 0.717) is 21.7 Å². The highest BCUT2D eigenvalue weighted by molar-refractivity contribution is 6.36. The van der Waals surface area contributed by atoms with Crippen LogP contribution >= 0.6 is 11.6 Å². The molecule has 0 bridgehead atoms. The molecule has 2 N–H and O–H groups in total. The Labute approximate surface area is 113 Å². The number of nitrogens with one attached hydrogen (secondary N) is 1. The van der Waals surface area contributed by atoms with Crippen LogP contribution in [0.25, 0.3) is 10.9 Å². The van der Waals surface area contributed by atoms with Gasteiger partial charge in [0.25, 0.3) is 0 Å². The van der Waals surface area contributed by atoms with Crippen LogP contribution in [0.15, 0.2) is 18.2 Å². The first-order valence-electron chi connectivity index (χ1n) is 5.73. The maximum Gasteiger partial charge on any atom is 0.308 e. The summed E-state index contributed by atoms with van der Waals surface area (Å²) in [7, 11) is 0. The van der Waals surface area contributed by atoms with Gasteiger partial charge in [-0.1, -0.05) is 17.7 Å². The minimum absolute atomic E-state index is 0.00581. The van der Waals surface area contributed by atoms with Crippen molar-refractivity contribution in [2.45, 2.75) is 6.42 Å². The molecule has 1 amide bonds. The molecular formula is C12H10ClN3O3. The molecule has 3 rings (SSSR count). The number of anilines is 1. The first-order chi connectivity index (χ1) is 9.08. The number of nitrogens with zero attached hydrogens (tertiary/aromatic N) is 2. The Morgan fingerprint density at radius 1 is 1.53 bits per heavy atom. The molecule has 19 heavy (non-hydrogen) atoms. The second kappa shape index (κ2) is 4.24. The summed E-state index contributed by atoms with van der Waals surface area (Å²) in [6.45, 7) is 0.124. The van der Waals surface area contributed by atoms with Crippen molar-refractivity contribution in [2.24, 2.45) is 5.92 Å². The molecule has 0 spiro atoms. The van der Waals surface area contributed by atoms with Gasteiger partial charge in [0.2, 0.25) is 5.91 Å². The number of fused-ring (bicyclic) bond motifs is 1. The van der Waals surface area contributed by atoms with Gasteiger partial charge in [0, 0.05) is 13.0 Å². The van der Waals surface area contributed by atoms with Gasteiger partial charge in [0.15, 0.2) is 5.82 Å². The number of hydrogen-bond donors (Lipinski definition) is 2. The summed E-state index contributed by atoms with van der Waals surface area (Å²) in [5, 5.41) is 17.0. The Morgan fingerprint density at radius 2 is 2.32 bits per heavy atom. The Balaban J connectivity index is 2.06. The fourth-order valence-electron chi connectivity index (χ4n) is 2.29. The van der Waals surface area contributed by atoms with Gasteiger partial charge in [-0.2, -0.15) is 5.10 Å². The lowest BCUT2D eigenvalue weighted by molar-refractivity contribution is -0.141. The molecule has 1 saturated heterocycles. The topological polar surface area (TPSA) is 86.3 Å². The van der Waals surface area contributed by atoms with E-state index in [-0.39, 0.29) is 18.9 Å². The third-order valence-electron chi connectivity index (χ3n) is 3.25. The van der Waals surface area contributed by atoms with Crippen molar-refractivity contribution >= 4 is 40.2 Å². The zero-order chi connectivity index (χ0) is 13.6. The molecule has 98 valence electrons. The van der Waals surface area contributed by atoms with Gasteiger partial charge in [0.1, 0.15) is 0 Å². The van der Waals surface area contributed by atoms with Gasteiger partial charge in [-0.05, 0) is 12.1 Å². The van der Waals surface area contributed by atoms with Crippen LogP contribution < -0.4 is 4.90 Å². The lowest BCUT2D eigenvalue weighted by Crippen LogP contribution is -2.26. The molecule has 1 aliphatic heterocycles. The van der Waals surface area contributed by atoms with E-state index >= 15 is 0 Å². The van der Waals surface area contributed by atoms with Crippen molar-refractivity contribution in [3.63, 3.8) is 0 Å². The molecule has 0 aliphatic carbocycles. The monoisotopic (exact) mass is 279 g/mol. The van der Waals surface area contributed by atoms with Crippen molar-refractivity contribution in [1.82, 2.24) is 10.2 Å². The van der Waals surface area contributed by atoms with Gasteiger partial charge < -0.3 is 5.11 Å². The number of rotatable bonds is 2. The van der Waals surface area contributed by atoms with Crippen LogP contribution in [0.4, 0.5) is 5.82 Å². The lowest BCUT2D eigenvalue weighted by Gasteiger charge is -2.13. The molecule has 0 saturated carbocycles. The molecule has 1 aromatic heterocycles. The number of aromatic nitrogens is 2. The van der Waals surface area contributed by atoms with E-state index in [1.165, 1.54) is 4.90 Å². The van der Waals surface area contributed by atoms with E-state index in [9.17, 15) is 9.59 Å². The van der Waals surface area contributed by atoms with Crippen molar-refractivity contribution in [1.29, 1.82) is 0 Å². The number of halogens is 1. The number of benzene rings is 1. The maximum absolute atomic E-state index is 11.9. The van der Waals surface area contributed by atoms with Crippen molar-refractivity contribution in [2.75, 3.05) is 11.4 Å². The number of aliphatic carboxylic acids is 1. The quantitative estimate of drug-likeness (QED) is 0.875. The number of H-pyrrole nitrogens is 1. The van der Waals surface area contributed by atoms with E-state index in [4.69, 9.17) is 16.7 Å². The molecule has 1 atom stereocenters. The molecule has 1 aromatic carbocycles. The number of carboxylic acid groups (broad SMARTS) is 1. The predicted octanol–water partition coefficient (Wildman–Crippen LogP) is 1.65. The largest absolute Gasteiger partial charge is 0.481 e. The van der Waals surface area contributed by atoms with Crippen LogP contribution in [0.5, 0.6) is 0 Å². The van der Waals surface area contributed by atoms with Crippen LogP contribution in [0.2, 0.25) is 5.02 Å². The third kappa shape index (κ3) is 1.84. The lowest BCUT2D eigenvalue weighted by atomic mass is 10.1. The predicted molar refractivity (Wildman–Crippen MR) is 69.2 cm³/mol. The summed E-state index contributed by atoms with van der Waals surface area (Å²) in [5.41, 5.74) is 0.717. The first kappa shape index (κ1) is 12.0. The van der Waals surface area contributed by atoms with E-state index < -0.39 is 11.9 Å². The second-order valence-electron chi connectivity index (χ2n) is 4.45. The van der Waals surface area contributed by atoms with Crippen LogP contribution in [-0.4, -0.2) is 33.7 Å². The van der Waals surface area contributed by atoms with Crippen molar-refractivity contribution in [3.8, 4) is 0 Å². The average Bonchev–Trinajstić information content (AvgIpc) is 2.93.